The highest BCUT2D eigenvalue weighted by atomic mass is 16.5. The van der Waals surface area contributed by atoms with Gasteiger partial charge in [0.25, 0.3) is 0 Å². The molecule has 0 amide bonds. The van der Waals surface area contributed by atoms with E-state index in [4.69, 9.17) is 4.74 Å². The maximum atomic E-state index is 11.1. The topological polar surface area (TPSA) is 39.2 Å². The van der Waals surface area contributed by atoms with Gasteiger partial charge in [-0.25, -0.2) is 0 Å². The van der Waals surface area contributed by atoms with Crippen molar-refractivity contribution in [2.75, 3.05) is 7.11 Å². The highest BCUT2D eigenvalue weighted by molar-refractivity contribution is 5.79. The van der Waals surface area contributed by atoms with Gasteiger partial charge in [0.15, 0.2) is 0 Å². The SMILES string of the molecule is COc1cc(CC(C)=O)ccc1-c1ccccn1. The molecule has 0 atom stereocenters. The van der Waals surface area contributed by atoms with Gasteiger partial charge in [-0.3, -0.25) is 9.78 Å². The van der Waals surface area contributed by atoms with E-state index in [2.05, 4.69) is 4.98 Å². The van der Waals surface area contributed by atoms with Crippen LogP contribution in [0.5, 0.6) is 5.75 Å². The summed E-state index contributed by atoms with van der Waals surface area (Å²) < 4.78 is 5.37. The van der Waals surface area contributed by atoms with E-state index in [0.29, 0.717) is 6.42 Å². The Morgan fingerprint density at radius 3 is 2.72 bits per heavy atom. The molecular weight excluding hydrogens is 226 g/mol. The molecule has 0 fully saturated rings. The number of methoxy groups -OCH3 is 1. The zero-order chi connectivity index (χ0) is 13.0. The molecule has 0 saturated carbocycles. The second-order valence-electron chi connectivity index (χ2n) is 4.13. The lowest BCUT2D eigenvalue weighted by Gasteiger charge is -2.09. The Kier molecular flexibility index (Phi) is 3.72. The molecule has 0 aliphatic rings. The van der Waals surface area contributed by atoms with Gasteiger partial charge in [0.2, 0.25) is 0 Å². The first-order chi connectivity index (χ1) is 8.70. The van der Waals surface area contributed by atoms with Crippen LogP contribution in [0, 0.1) is 0 Å². The van der Waals surface area contributed by atoms with Crippen LogP contribution in [0.25, 0.3) is 11.3 Å². The molecule has 0 bridgehead atoms. The largest absolute Gasteiger partial charge is 0.496 e. The Hall–Kier alpha value is -2.16. The molecule has 2 rings (SSSR count). The Morgan fingerprint density at radius 1 is 1.28 bits per heavy atom. The summed E-state index contributed by atoms with van der Waals surface area (Å²) in [7, 11) is 1.62. The van der Waals surface area contributed by atoms with Crippen LogP contribution in [0.2, 0.25) is 0 Å². The monoisotopic (exact) mass is 241 g/mol. The number of aromatic nitrogens is 1. The minimum atomic E-state index is 0.141. The number of rotatable bonds is 4. The molecular formula is C15H15NO2. The maximum Gasteiger partial charge on any atom is 0.134 e. The van der Waals surface area contributed by atoms with Crippen LogP contribution >= 0.6 is 0 Å². The molecule has 0 aliphatic heterocycles. The molecule has 0 spiro atoms. The number of hydrogen-bond acceptors (Lipinski definition) is 3. The lowest BCUT2D eigenvalue weighted by Crippen LogP contribution is -1.98. The zero-order valence-electron chi connectivity index (χ0n) is 10.5. The Morgan fingerprint density at radius 2 is 2.11 bits per heavy atom. The fourth-order valence-electron chi connectivity index (χ4n) is 1.87. The molecule has 0 unspecified atom stereocenters. The molecule has 1 aromatic heterocycles. The summed E-state index contributed by atoms with van der Waals surface area (Å²) >= 11 is 0. The number of ether oxygens (including phenoxy) is 1. The van der Waals surface area contributed by atoms with Gasteiger partial charge in [0.1, 0.15) is 11.5 Å². The number of nitrogens with zero attached hydrogens (tertiary/aromatic N) is 1. The third kappa shape index (κ3) is 2.74. The molecule has 0 aliphatic carbocycles. The first kappa shape index (κ1) is 12.3. The molecule has 2 aromatic rings. The third-order valence-corrected chi connectivity index (χ3v) is 2.66. The molecule has 3 nitrogen and oxygen atoms in total. The van der Waals surface area contributed by atoms with Gasteiger partial charge in [-0.1, -0.05) is 12.1 Å². The molecule has 3 heteroatoms. The molecule has 0 radical (unpaired) electrons. The van der Waals surface area contributed by atoms with E-state index < -0.39 is 0 Å². The number of benzene rings is 1. The van der Waals surface area contributed by atoms with Gasteiger partial charge in [-0.2, -0.15) is 0 Å². The van der Waals surface area contributed by atoms with Gasteiger partial charge in [0, 0.05) is 18.2 Å². The Bertz CT molecular complexity index is 550. The van der Waals surface area contributed by atoms with Crippen molar-refractivity contribution >= 4 is 5.78 Å². The predicted octanol–water partition coefficient (Wildman–Crippen LogP) is 2.89. The van der Waals surface area contributed by atoms with E-state index >= 15 is 0 Å². The van der Waals surface area contributed by atoms with Gasteiger partial charge in [-0.05, 0) is 36.8 Å². The quantitative estimate of drug-likeness (QED) is 0.826. The summed E-state index contributed by atoms with van der Waals surface area (Å²) in [5, 5.41) is 0. The van der Waals surface area contributed by atoms with Crippen LogP contribution < -0.4 is 4.74 Å². The third-order valence-electron chi connectivity index (χ3n) is 2.66. The summed E-state index contributed by atoms with van der Waals surface area (Å²) in [6.45, 7) is 1.58. The fourth-order valence-corrected chi connectivity index (χ4v) is 1.87. The summed E-state index contributed by atoms with van der Waals surface area (Å²) in [6.07, 6.45) is 2.18. The van der Waals surface area contributed by atoms with E-state index in [1.165, 1.54) is 0 Å². The Balaban J connectivity index is 2.41. The fraction of sp³-hybridized carbons (Fsp3) is 0.200. The second-order valence-corrected chi connectivity index (χ2v) is 4.13. The van der Waals surface area contributed by atoms with Crippen molar-refractivity contribution in [2.45, 2.75) is 13.3 Å². The van der Waals surface area contributed by atoms with Crippen molar-refractivity contribution in [2.24, 2.45) is 0 Å². The van der Waals surface area contributed by atoms with Crippen molar-refractivity contribution in [1.82, 2.24) is 4.98 Å². The molecule has 92 valence electrons. The number of ketones is 1. The summed E-state index contributed by atoms with van der Waals surface area (Å²) in [5.41, 5.74) is 2.76. The van der Waals surface area contributed by atoms with Crippen molar-refractivity contribution in [1.29, 1.82) is 0 Å². The van der Waals surface area contributed by atoms with Crippen LogP contribution in [-0.4, -0.2) is 17.9 Å². The van der Waals surface area contributed by atoms with Gasteiger partial charge >= 0.3 is 0 Å². The van der Waals surface area contributed by atoms with Crippen LogP contribution in [0.3, 0.4) is 0 Å². The lowest BCUT2D eigenvalue weighted by molar-refractivity contribution is -0.116. The van der Waals surface area contributed by atoms with Crippen LogP contribution in [0.1, 0.15) is 12.5 Å². The molecule has 1 heterocycles. The first-order valence-electron chi connectivity index (χ1n) is 5.78. The van der Waals surface area contributed by atoms with Crippen molar-refractivity contribution in [3.63, 3.8) is 0 Å². The summed E-state index contributed by atoms with van der Waals surface area (Å²) in [6, 6.07) is 11.5. The number of pyridine rings is 1. The average Bonchev–Trinajstić information content (AvgIpc) is 2.39. The smallest absolute Gasteiger partial charge is 0.134 e. The van der Waals surface area contributed by atoms with Crippen molar-refractivity contribution in [3.05, 3.63) is 48.2 Å². The number of carbonyl (C=O) groups is 1. The average molecular weight is 241 g/mol. The molecule has 18 heavy (non-hydrogen) atoms. The maximum absolute atomic E-state index is 11.1. The van der Waals surface area contributed by atoms with Crippen molar-refractivity contribution < 1.29 is 9.53 Å². The number of carbonyl (C=O) groups excluding carboxylic acids is 1. The zero-order valence-corrected chi connectivity index (χ0v) is 10.5. The van der Waals surface area contributed by atoms with E-state index in [0.717, 1.165) is 22.6 Å². The van der Waals surface area contributed by atoms with E-state index in [9.17, 15) is 4.79 Å². The normalized spacial score (nSPS) is 10.1. The highest BCUT2D eigenvalue weighted by Gasteiger charge is 2.08. The van der Waals surface area contributed by atoms with Gasteiger partial charge in [0.05, 0.1) is 12.8 Å². The van der Waals surface area contributed by atoms with Gasteiger partial charge < -0.3 is 4.74 Å². The Labute approximate surface area is 106 Å². The summed E-state index contributed by atoms with van der Waals surface area (Å²) in [4.78, 5) is 15.4. The predicted molar refractivity (Wildman–Crippen MR) is 70.6 cm³/mol. The van der Waals surface area contributed by atoms with Crippen molar-refractivity contribution in [3.8, 4) is 17.0 Å². The minimum absolute atomic E-state index is 0.141. The lowest BCUT2D eigenvalue weighted by atomic mass is 10.0. The first-order valence-corrected chi connectivity index (χ1v) is 5.78. The number of hydrogen-bond donors (Lipinski definition) is 0. The number of Topliss-reactive ketones (excluding diaryl/α,β-unsaturated/α-hetero) is 1. The standard InChI is InChI=1S/C15H15NO2/c1-11(17)9-12-6-7-13(15(10-12)18-2)14-5-3-4-8-16-14/h3-8,10H,9H2,1-2H3. The highest BCUT2D eigenvalue weighted by Crippen LogP contribution is 2.29. The van der Waals surface area contributed by atoms with E-state index in [1.807, 2.05) is 36.4 Å². The molecule has 0 saturated heterocycles. The van der Waals surface area contributed by atoms with E-state index in [1.54, 1.807) is 20.2 Å². The van der Waals surface area contributed by atoms with Crippen LogP contribution in [0.15, 0.2) is 42.6 Å². The van der Waals surface area contributed by atoms with Gasteiger partial charge in [-0.15, -0.1) is 0 Å². The summed E-state index contributed by atoms with van der Waals surface area (Å²) in [5.74, 6) is 0.884. The van der Waals surface area contributed by atoms with Crippen LogP contribution in [0.4, 0.5) is 0 Å². The second kappa shape index (κ2) is 5.45. The molecule has 0 N–H and O–H groups in total. The molecule has 1 aromatic carbocycles. The minimum Gasteiger partial charge on any atom is -0.496 e. The van der Waals surface area contributed by atoms with E-state index in [-0.39, 0.29) is 5.78 Å². The van der Waals surface area contributed by atoms with Crippen LogP contribution in [-0.2, 0) is 11.2 Å².